The Morgan fingerprint density at radius 3 is 2.45 bits per heavy atom. The second-order valence-electron chi connectivity index (χ2n) is 4.39. The molecule has 20 heavy (non-hydrogen) atoms. The number of amides is 1. The molecule has 1 rings (SSSR count). The summed E-state index contributed by atoms with van der Waals surface area (Å²) in [5.74, 6) is -0.680. The lowest BCUT2D eigenvalue weighted by molar-refractivity contribution is -0.144. The van der Waals surface area contributed by atoms with Crippen LogP contribution in [-0.2, 0) is 0 Å². The lowest BCUT2D eigenvalue weighted by Gasteiger charge is -2.31. The fourth-order valence-electron chi connectivity index (χ4n) is 1.99. The number of halogens is 4. The maximum Gasteiger partial charge on any atom is 0.406 e. The predicted octanol–water partition coefficient (Wildman–Crippen LogP) is 3.93. The van der Waals surface area contributed by atoms with E-state index in [0.29, 0.717) is 12.8 Å². The van der Waals surface area contributed by atoms with E-state index in [9.17, 15) is 18.0 Å². The maximum absolute atomic E-state index is 12.7. The third kappa shape index (κ3) is 4.67. The van der Waals surface area contributed by atoms with Gasteiger partial charge in [-0.1, -0.05) is 25.4 Å². The van der Waals surface area contributed by atoms with Gasteiger partial charge in [-0.05, 0) is 25.0 Å². The standard InChI is InChI=1S/C13H16ClF3N2O/c1-3-10(4-2)19(8-13(15,16)17)12(20)9-5-6-18-11(14)7-9/h5-7,10H,3-4,8H2,1-2H3. The molecule has 0 fully saturated rings. The van der Waals surface area contributed by atoms with Gasteiger partial charge in [0.2, 0.25) is 0 Å². The number of rotatable bonds is 5. The second kappa shape index (κ2) is 6.92. The number of aromatic nitrogens is 1. The van der Waals surface area contributed by atoms with Crippen molar-refractivity contribution in [1.82, 2.24) is 9.88 Å². The summed E-state index contributed by atoms with van der Waals surface area (Å²) in [6, 6.07) is 2.17. The molecule has 0 N–H and O–H groups in total. The predicted molar refractivity (Wildman–Crippen MR) is 70.7 cm³/mol. The molecule has 0 atom stereocenters. The summed E-state index contributed by atoms with van der Waals surface area (Å²) in [7, 11) is 0. The number of hydrogen-bond donors (Lipinski definition) is 0. The van der Waals surface area contributed by atoms with Gasteiger partial charge in [-0.2, -0.15) is 13.2 Å². The summed E-state index contributed by atoms with van der Waals surface area (Å²) in [6.45, 7) is 2.24. The van der Waals surface area contributed by atoms with Crippen molar-refractivity contribution >= 4 is 17.5 Å². The first-order chi connectivity index (χ1) is 9.28. The molecule has 0 aliphatic rings. The summed E-state index contributed by atoms with van der Waals surface area (Å²) in [6.07, 6.45) is -2.22. The molecule has 0 spiro atoms. The number of pyridine rings is 1. The molecule has 0 aliphatic carbocycles. The molecule has 1 aromatic heterocycles. The average molecular weight is 309 g/mol. The minimum Gasteiger partial charge on any atom is -0.327 e. The van der Waals surface area contributed by atoms with E-state index >= 15 is 0 Å². The summed E-state index contributed by atoms with van der Waals surface area (Å²) in [5, 5.41) is 0.0763. The van der Waals surface area contributed by atoms with E-state index in [1.165, 1.54) is 18.3 Å². The SMILES string of the molecule is CCC(CC)N(CC(F)(F)F)C(=O)c1ccnc(Cl)c1. The number of hydrogen-bond acceptors (Lipinski definition) is 2. The summed E-state index contributed by atoms with van der Waals surface area (Å²) in [4.78, 5) is 16.8. The first-order valence-electron chi connectivity index (χ1n) is 6.27. The second-order valence-corrected chi connectivity index (χ2v) is 4.77. The third-order valence-electron chi connectivity index (χ3n) is 2.97. The van der Waals surface area contributed by atoms with Crippen LogP contribution in [0.25, 0.3) is 0 Å². The average Bonchev–Trinajstić information content (AvgIpc) is 2.36. The summed E-state index contributed by atoms with van der Waals surface area (Å²) < 4.78 is 38.0. The normalized spacial score (nSPS) is 11.8. The zero-order chi connectivity index (χ0) is 15.3. The fourth-order valence-corrected chi connectivity index (χ4v) is 2.16. The number of carbonyl (C=O) groups excluding carboxylic acids is 1. The minimum absolute atomic E-state index is 0.0763. The number of carbonyl (C=O) groups is 1. The molecule has 7 heteroatoms. The lowest BCUT2D eigenvalue weighted by atomic mass is 10.1. The Kier molecular flexibility index (Phi) is 5.80. The topological polar surface area (TPSA) is 33.2 Å². The van der Waals surface area contributed by atoms with Gasteiger partial charge in [0, 0.05) is 17.8 Å². The highest BCUT2D eigenvalue weighted by atomic mass is 35.5. The highest BCUT2D eigenvalue weighted by molar-refractivity contribution is 6.29. The van der Waals surface area contributed by atoms with Crippen molar-refractivity contribution in [2.24, 2.45) is 0 Å². The molecule has 3 nitrogen and oxygen atoms in total. The van der Waals surface area contributed by atoms with Gasteiger partial charge in [0.1, 0.15) is 11.7 Å². The van der Waals surface area contributed by atoms with Crippen LogP contribution in [-0.4, -0.2) is 34.6 Å². The zero-order valence-corrected chi connectivity index (χ0v) is 12.0. The molecule has 0 saturated heterocycles. The van der Waals surface area contributed by atoms with Crippen LogP contribution in [0, 0.1) is 0 Å². The Balaban J connectivity index is 3.06. The summed E-state index contributed by atoms with van der Waals surface area (Å²) in [5.41, 5.74) is 0.112. The highest BCUT2D eigenvalue weighted by Crippen LogP contribution is 2.22. The van der Waals surface area contributed by atoms with Crippen molar-refractivity contribution in [3.05, 3.63) is 29.0 Å². The number of alkyl halides is 3. The van der Waals surface area contributed by atoms with E-state index in [0.717, 1.165) is 4.90 Å². The molecule has 112 valence electrons. The van der Waals surface area contributed by atoms with Crippen LogP contribution in [0.2, 0.25) is 5.15 Å². The van der Waals surface area contributed by atoms with Crippen LogP contribution < -0.4 is 0 Å². The van der Waals surface area contributed by atoms with Gasteiger partial charge in [-0.25, -0.2) is 4.98 Å². The van der Waals surface area contributed by atoms with Crippen LogP contribution in [0.1, 0.15) is 37.0 Å². The van der Waals surface area contributed by atoms with Crippen LogP contribution in [0.3, 0.4) is 0 Å². The minimum atomic E-state index is -4.44. The Morgan fingerprint density at radius 2 is 2.00 bits per heavy atom. The van der Waals surface area contributed by atoms with E-state index < -0.39 is 24.7 Å². The Morgan fingerprint density at radius 1 is 1.40 bits per heavy atom. The van der Waals surface area contributed by atoms with Crippen molar-refractivity contribution in [2.45, 2.75) is 38.9 Å². The molecule has 0 aromatic carbocycles. The van der Waals surface area contributed by atoms with Gasteiger partial charge in [0.15, 0.2) is 0 Å². The maximum atomic E-state index is 12.7. The van der Waals surface area contributed by atoms with Crippen molar-refractivity contribution in [3.63, 3.8) is 0 Å². The van der Waals surface area contributed by atoms with Gasteiger partial charge in [-0.3, -0.25) is 4.79 Å². The van der Waals surface area contributed by atoms with E-state index in [2.05, 4.69) is 4.98 Å². The van der Waals surface area contributed by atoms with Crippen molar-refractivity contribution in [1.29, 1.82) is 0 Å². The molecular formula is C13H16ClF3N2O. The van der Waals surface area contributed by atoms with Gasteiger partial charge < -0.3 is 4.90 Å². The first kappa shape index (κ1) is 16.8. The van der Waals surface area contributed by atoms with Crippen molar-refractivity contribution in [2.75, 3.05) is 6.54 Å². The molecule has 0 saturated carbocycles. The van der Waals surface area contributed by atoms with Crippen LogP contribution >= 0.6 is 11.6 Å². The Labute approximate surface area is 120 Å². The van der Waals surface area contributed by atoms with E-state index in [-0.39, 0.29) is 10.7 Å². The quantitative estimate of drug-likeness (QED) is 0.772. The molecule has 1 amide bonds. The van der Waals surface area contributed by atoms with Gasteiger partial charge in [0.05, 0.1) is 0 Å². The zero-order valence-electron chi connectivity index (χ0n) is 11.2. The Hall–Kier alpha value is -1.30. The van der Waals surface area contributed by atoms with Crippen molar-refractivity contribution < 1.29 is 18.0 Å². The largest absolute Gasteiger partial charge is 0.406 e. The van der Waals surface area contributed by atoms with Gasteiger partial charge in [-0.15, -0.1) is 0 Å². The summed E-state index contributed by atoms with van der Waals surface area (Å²) >= 11 is 5.67. The molecule has 0 bridgehead atoms. The van der Waals surface area contributed by atoms with Gasteiger partial charge >= 0.3 is 6.18 Å². The lowest BCUT2D eigenvalue weighted by Crippen LogP contribution is -2.45. The Bertz CT molecular complexity index is 461. The third-order valence-corrected chi connectivity index (χ3v) is 3.17. The van der Waals surface area contributed by atoms with E-state index in [4.69, 9.17) is 11.6 Å². The molecular weight excluding hydrogens is 293 g/mol. The molecule has 0 radical (unpaired) electrons. The first-order valence-corrected chi connectivity index (χ1v) is 6.65. The molecule has 0 aliphatic heterocycles. The fraction of sp³-hybridized carbons (Fsp3) is 0.538. The van der Waals surface area contributed by atoms with Crippen LogP contribution in [0.15, 0.2) is 18.3 Å². The molecule has 0 unspecified atom stereocenters. The van der Waals surface area contributed by atoms with E-state index in [1.807, 2.05) is 0 Å². The number of nitrogens with zero attached hydrogens (tertiary/aromatic N) is 2. The van der Waals surface area contributed by atoms with Crippen LogP contribution in [0.4, 0.5) is 13.2 Å². The molecule has 1 aromatic rings. The molecule has 1 heterocycles. The van der Waals surface area contributed by atoms with Crippen molar-refractivity contribution in [3.8, 4) is 0 Å². The highest BCUT2D eigenvalue weighted by Gasteiger charge is 2.36. The monoisotopic (exact) mass is 308 g/mol. The van der Waals surface area contributed by atoms with E-state index in [1.54, 1.807) is 13.8 Å². The van der Waals surface area contributed by atoms with Crippen LogP contribution in [0.5, 0.6) is 0 Å². The smallest absolute Gasteiger partial charge is 0.327 e. The van der Waals surface area contributed by atoms with Gasteiger partial charge in [0.25, 0.3) is 5.91 Å².